The average molecular weight is 982 g/mol. The Morgan fingerprint density at radius 3 is 2.32 bits per heavy atom. The molecule has 0 spiro atoms. The number of pyridine rings is 1. The Bertz CT molecular complexity index is 2380. The molecular formula is C39H27BrCl2F3IN4O6. The highest BCUT2D eigenvalue weighted by molar-refractivity contribution is 14.1. The minimum absolute atomic E-state index is 0.0530. The Labute approximate surface area is 349 Å². The van der Waals surface area contributed by atoms with Gasteiger partial charge in [0.25, 0.3) is 11.8 Å². The average Bonchev–Trinajstić information content (AvgIpc) is 3.54. The number of anilines is 2. The van der Waals surface area contributed by atoms with Crippen molar-refractivity contribution >= 4 is 96.9 Å². The molecule has 1 aromatic heterocycles. The van der Waals surface area contributed by atoms with E-state index in [1.807, 2.05) is 28.7 Å². The van der Waals surface area contributed by atoms with Crippen molar-refractivity contribution < 1.29 is 42.2 Å². The molecule has 8 rings (SSSR count). The predicted molar refractivity (Wildman–Crippen MR) is 211 cm³/mol. The number of imide groups is 2. The number of halogens is 7. The van der Waals surface area contributed by atoms with E-state index in [-0.39, 0.29) is 36.1 Å². The highest BCUT2D eigenvalue weighted by Gasteiger charge is 2.70. The minimum Gasteiger partial charge on any atom is -0.504 e. The molecule has 6 unspecified atom stereocenters. The number of ether oxygens (including phenoxy) is 1. The summed E-state index contributed by atoms with van der Waals surface area (Å²) in [5, 5.41) is 11.5. The number of aromatic hydroxyl groups is 1. The van der Waals surface area contributed by atoms with E-state index in [4.69, 9.17) is 27.9 Å². The number of rotatable bonds is 6. The van der Waals surface area contributed by atoms with E-state index in [1.165, 1.54) is 12.0 Å². The van der Waals surface area contributed by atoms with Gasteiger partial charge in [0.05, 0.1) is 50.1 Å². The lowest BCUT2D eigenvalue weighted by atomic mass is 9.49. The summed E-state index contributed by atoms with van der Waals surface area (Å²) < 4.78 is 47.2. The topological polar surface area (TPSA) is 129 Å². The monoisotopic (exact) mass is 980 g/mol. The number of fused-ring (bicyclic) bond motifs is 4. The summed E-state index contributed by atoms with van der Waals surface area (Å²) in [6, 6.07) is 17.1. The fourth-order valence-electron chi connectivity index (χ4n) is 8.92. The first-order chi connectivity index (χ1) is 26.6. The number of allylic oxidation sites excluding steroid dienone is 2. The maximum atomic E-state index is 15.4. The van der Waals surface area contributed by atoms with Crippen LogP contribution in [0, 0.1) is 27.2 Å². The number of methoxy groups -OCH3 is 1. The number of carbonyl (C=O) groups is 4. The van der Waals surface area contributed by atoms with Crippen molar-refractivity contribution in [2.75, 3.05) is 17.4 Å². The van der Waals surface area contributed by atoms with Crippen LogP contribution in [-0.4, -0.2) is 45.8 Å². The first kappa shape index (κ1) is 38.7. The van der Waals surface area contributed by atoms with E-state index < -0.39 is 69.5 Å². The molecule has 10 nitrogen and oxygen atoms in total. The van der Waals surface area contributed by atoms with Crippen LogP contribution < -0.4 is 15.1 Å². The number of phenolic OH excluding ortho intramolecular Hbond substituents is 1. The normalized spacial score (nSPS) is 25.9. The Morgan fingerprint density at radius 2 is 1.68 bits per heavy atom. The molecule has 2 saturated heterocycles. The summed E-state index contributed by atoms with van der Waals surface area (Å²) >= 11 is 17.9. The molecular weight excluding hydrogens is 955 g/mol. The number of hydrogen-bond acceptors (Lipinski definition) is 8. The van der Waals surface area contributed by atoms with Gasteiger partial charge in [-0.3, -0.25) is 29.5 Å². The molecule has 0 radical (unpaired) electrons. The van der Waals surface area contributed by atoms with Crippen LogP contribution in [0.15, 0.2) is 89.0 Å². The first-order valence-electron chi connectivity index (χ1n) is 17.1. The number of benzene rings is 3. The molecule has 2 aliphatic carbocycles. The number of nitrogens with zero attached hydrogens (tertiary/aromatic N) is 3. The summed E-state index contributed by atoms with van der Waals surface area (Å²) in [4.78, 5) is 63.8. The minimum atomic E-state index is -4.76. The van der Waals surface area contributed by atoms with Crippen LogP contribution in [0.5, 0.6) is 11.5 Å². The lowest BCUT2D eigenvalue weighted by Gasteiger charge is -2.50. The van der Waals surface area contributed by atoms with Crippen LogP contribution >= 0.6 is 61.7 Å². The molecule has 3 fully saturated rings. The fourth-order valence-corrected chi connectivity index (χ4v) is 10.1. The highest BCUT2D eigenvalue weighted by Crippen LogP contribution is 2.64. The van der Waals surface area contributed by atoms with E-state index in [0.29, 0.717) is 43.2 Å². The van der Waals surface area contributed by atoms with Crippen LogP contribution in [0.3, 0.4) is 0 Å². The summed E-state index contributed by atoms with van der Waals surface area (Å²) in [6.07, 6.45) is -2.25. The van der Waals surface area contributed by atoms with Crippen molar-refractivity contribution in [3.05, 3.63) is 119 Å². The van der Waals surface area contributed by atoms with Gasteiger partial charge in [0.15, 0.2) is 17.3 Å². The van der Waals surface area contributed by atoms with Gasteiger partial charge in [0.2, 0.25) is 11.8 Å². The smallest absolute Gasteiger partial charge is 0.417 e. The quantitative estimate of drug-likeness (QED) is 0.112. The summed E-state index contributed by atoms with van der Waals surface area (Å²) in [5.74, 6) is -7.36. The third-order valence-electron chi connectivity index (χ3n) is 11.2. The zero-order chi connectivity index (χ0) is 40.0. The molecule has 1 saturated carbocycles. The molecule has 56 heavy (non-hydrogen) atoms. The molecule has 4 amide bonds. The number of carbonyl (C=O) groups excluding carboxylic acids is 4. The van der Waals surface area contributed by atoms with Crippen LogP contribution in [0.25, 0.3) is 0 Å². The van der Waals surface area contributed by atoms with Gasteiger partial charge in [0.1, 0.15) is 0 Å². The van der Waals surface area contributed by atoms with Crippen molar-refractivity contribution in [2.24, 2.45) is 23.7 Å². The second kappa shape index (κ2) is 14.0. The Kier molecular flexibility index (Phi) is 9.68. The zero-order valence-corrected chi connectivity index (χ0v) is 34.0. The van der Waals surface area contributed by atoms with E-state index in [0.717, 1.165) is 9.48 Å². The van der Waals surface area contributed by atoms with Gasteiger partial charge in [-0.15, -0.1) is 0 Å². The summed E-state index contributed by atoms with van der Waals surface area (Å²) in [5.41, 5.74) is 1.61. The van der Waals surface area contributed by atoms with E-state index in [9.17, 15) is 32.7 Å². The third-order valence-corrected chi connectivity index (χ3v) is 13.1. The van der Waals surface area contributed by atoms with Gasteiger partial charge in [-0.1, -0.05) is 62.9 Å². The molecule has 0 bridgehead atoms. The molecule has 288 valence electrons. The van der Waals surface area contributed by atoms with Crippen molar-refractivity contribution in [1.82, 2.24) is 9.99 Å². The van der Waals surface area contributed by atoms with Gasteiger partial charge in [-0.05, 0) is 107 Å². The maximum absolute atomic E-state index is 15.4. The third kappa shape index (κ3) is 5.90. The van der Waals surface area contributed by atoms with Crippen LogP contribution in [0.1, 0.15) is 35.4 Å². The van der Waals surface area contributed by atoms with Crippen molar-refractivity contribution in [2.45, 2.75) is 30.4 Å². The Morgan fingerprint density at radius 1 is 0.982 bits per heavy atom. The molecule has 4 aliphatic rings. The summed E-state index contributed by atoms with van der Waals surface area (Å²) in [6.45, 7) is 0. The number of phenols is 1. The molecule has 2 N–H and O–H groups in total. The predicted octanol–water partition coefficient (Wildman–Crippen LogP) is 8.68. The second-order valence-electron chi connectivity index (χ2n) is 14.0. The van der Waals surface area contributed by atoms with Gasteiger partial charge in [-0.25, -0.2) is 4.98 Å². The number of aromatic nitrogens is 1. The van der Waals surface area contributed by atoms with Crippen molar-refractivity contribution in [3.63, 3.8) is 0 Å². The molecule has 3 heterocycles. The molecule has 3 aromatic carbocycles. The van der Waals surface area contributed by atoms with Gasteiger partial charge in [-0.2, -0.15) is 18.2 Å². The van der Waals surface area contributed by atoms with E-state index in [2.05, 4.69) is 26.3 Å². The number of hydrazine groups is 1. The number of alkyl halides is 3. The van der Waals surface area contributed by atoms with E-state index >= 15 is 4.79 Å². The Balaban J connectivity index is 1.33. The zero-order valence-electron chi connectivity index (χ0n) is 28.8. The number of amides is 4. The molecule has 4 aromatic rings. The Hall–Kier alpha value is -4.19. The lowest BCUT2D eigenvalue weighted by Crippen LogP contribution is -2.53. The lowest BCUT2D eigenvalue weighted by molar-refractivity contribution is -0.139. The second-order valence-corrected chi connectivity index (χ2v) is 16.9. The first-order valence-corrected chi connectivity index (χ1v) is 19.7. The standard InChI is InChI=1S/C39H27BrCl2F3IN4O6/c1-56-29-13-17(12-28(46)32(29)51)31-23-10-11-24-30(36(54)49(34(24)52)22-8-4-20(40)5-9-22)25(23)15-26-35(53)50(37(55)38(26,31)18-2-6-21(41)7-3-18)48-33-27(42)14-19(16-47-33)39(43,44)45/h2-10,12-14,16,24-26,30-31,51H,11,15H2,1H3,(H,47,48). The SMILES string of the molecule is COc1cc(C2C3=CCC4C(=O)N(c5ccc(Br)cc5)C(=O)C4C3CC3C(=O)N(Nc4ncc(C(F)(F)F)cc4Cl)C(=O)C32c2ccc(Cl)cc2)cc(I)c1O. The van der Waals surface area contributed by atoms with Crippen molar-refractivity contribution in [1.29, 1.82) is 0 Å². The number of nitrogens with one attached hydrogen (secondary N) is 1. The molecule has 17 heteroatoms. The fraction of sp³-hybridized carbons (Fsp3) is 0.256. The largest absolute Gasteiger partial charge is 0.504 e. The van der Waals surface area contributed by atoms with Crippen LogP contribution in [0.4, 0.5) is 24.7 Å². The van der Waals surface area contributed by atoms with Crippen molar-refractivity contribution in [3.8, 4) is 11.5 Å². The van der Waals surface area contributed by atoms with Gasteiger partial charge >= 0.3 is 6.18 Å². The highest BCUT2D eigenvalue weighted by atomic mass is 127. The molecule has 6 atom stereocenters. The van der Waals surface area contributed by atoms with E-state index in [1.54, 1.807) is 60.7 Å². The molecule has 2 aliphatic heterocycles. The van der Waals surface area contributed by atoms with Crippen LogP contribution in [-0.2, 0) is 30.8 Å². The summed E-state index contributed by atoms with van der Waals surface area (Å²) in [7, 11) is 1.37. The van der Waals surface area contributed by atoms with Crippen LogP contribution in [0.2, 0.25) is 10.0 Å². The maximum Gasteiger partial charge on any atom is 0.417 e. The number of hydrogen-bond donors (Lipinski definition) is 2. The van der Waals surface area contributed by atoms with Gasteiger partial charge in [0, 0.05) is 21.6 Å². The van der Waals surface area contributed by atoms with Gasteiger partial charge < -0.3 is 9.84 Å².